The summed E-state index contributed by atoms with van der Waals surface area (Å²) in [4.78, 5) is 12.2. The van der Waals surface area contributed by atoms with Gasteiger partial charge in [0.2, 0.25) is 0 Å². The topological polar surface area (TPSA) is 81.1 Å². The molecule has 2 heterocycles. The predicted octanol–water partition coefficient (Wildman–Crippen LogP) is 1.63. The summed E-state index contributed by atoms with van der Waals surface area (Å²) in [6, 6.07) is 6.35. The van der Waals surface area contributed by atoms with Crippen molar-refractivity contribution in [1.29, 1.82) is 0 Å². The van der Waals surface area contributed by atoms with Crippen LogP contribution in [-0.4, -0.2) is 47.1 Å². The fourth-order valence-corrected chi connectivity index (χ4v) is 3.07. The Hall–Kier alpha value is -2.41. The molecule has 25 heavy (non-hydrogen) atoms. The van der Waals surface area contributed by atoms with E-state index in [1.165, 1.54) is 0 Å². The summed E-state index contributed by atoms with van der Waals surface area (Å²) in [5, 5.41) is 14.3. The van der Waals surface area contributed by atoms with E-state index in [4.69, 9.17) is 4.74 Å². The van der Waals surface area contributed by atoms with Gasteiger partial charge in [-0.3, -0.25) is 4.79 Å². The summed E-state index contributed by atoms with van der Waals surface area (Å²) >= 11 is 0. The molecule has 0 atom stereocenters. The Kier molecular flexibility index (Phi) is 5.65. The van der Waals surface area contributed by atoms with Crippen LogP contribution in [0.2, 0.25) is 0 Å². The number of aromatic nitrogens is 3. The lowest BCUT2D eigenvalue weighted by atomic mass is 10.1. The zero-order valence-corrected chi connectivity index (χ0v) is 14.8. The molecule has 1 aliphatic heterocycles. The highest BCUT2D eigenvalue weighted by molar-refractivity contribution is 5.91. The van der Waals surface area contributed by atoms with Gasteiger partial charge in [-0.15, -0.1) is 5.10 Å². The third-order valence-electron chi connectivity index (χ3n) is 4.47. The fourth-order valence-electron chi connectivity index (χ4n) is 3.07. The Balaban J connectivity index is 1.47. The van der Waals surface area contributed by atoms with Crippen molar-refractivity contribution in [3.63, 3.8) is 0 Å². The molecule has 0 aliphatic carbocycles. The second kappa shape index (κ2) is 8.11. The highest BCUT2D eigenvalue weighted by Gasteiger charge is 2.18. The molecule has 7 heteroatoms. The maximum absolute atomic E-state index is 12.2. The van der Waals surface area contributed by atoms with Gasteiger partial charge >= 0.3 is 0 Å². The van der Waals surface area contributed by atoms with E-state index in [0.29, 0.717) is 24.9 Å². The van der Waals surface area contributed by atoms with Crippen molar-refractivity contribution in [3.05, 3.63) is 41.2 Å². The third-order valence-corrected chi connectivity index (χ3v) is 4.47. The van der Waals surface area contributed by atoms with Gasteiger partial charge in [0.25, 0.3) is 5.91 Å². The minimum absolute atomic E-state index is 0.217. The van der Waals surface area contributed by atoms with Gasteiger partial charge in [0.1, 0.15) is 12.4 Å². The molecule has 3 rings (SSSR count). The van der Waals surface area contributed by atoms with Crippen LogP contribution in [0.15, 0.2) is 24.4 Å². The summed E-state index contributed by atoms with van der Waals surface area (Å²) in [5.74, 6) is 0.666. The first-order chi connectivity index (χ1) is 12.1. The van der Waals surface area contributed by atoms with Gasteiger partial charge in [-0.25, -0.2) is 4.68 Å². The van der Waals surface area contributed by atoms with E-state index in [0.717, 1.165) is 42.8 Å². The van der Waals surface area contributed by atoms with Crippen LogP contribution in [0.3, 0.4) is 0 Å². The summed E-state index contributed by atoms with van der Waals surface area (Å²) in [7, 11) is 0. The van der Waals surface area contributed by atoms with Crippen molar-refractivity contribution in [3.8, 4) is 5.75 Å². The maximum Gasteiger partial charge on any atom is 0.273 e. The van der Waals surface area contributed by atoms with Crippen LogP contribution in [-0.2, 0) is 0 Å². The van der Waals surface area contributed by atoms with Gasteiger partial charge in [-0.1, -0.05) is 23.4 Å². The van der Waals surface area contributed by atoms with Gasteiger partial charge in [-0.2, -0.15) is 0 Å². The number of amides is 1. The summed E-state index contributed by atoms with van der Waals surface area (Å²) < 4.78 is 7.60. The number of benzene rings is 1. The van der Waals surface area contributed by atoms with Gasteiger partial charge in [0.15, 0.2) is 5.69 Å². The van der Waals surface area contributed by atoms with E-state index in [2.05, 4.69) is 20.9 Å². The molecule has 2 N–H and O–H groups in total. The minimum atomic E-state index is -0.217. The fraction of sp³-hybridized carbons (Fsp3) is 0.500. The van der Waals surface area contributed by atoms with Gasteiger partial charge in [0, 0.05) is 0 Å². The Morgan fingerprint density at radius 1 is 1.32 bits per heavy atom. The lowest BCUT2D eigenvalue weighted by Gasteiger charge is -2.22. The molecule has 1 saturated heterocycles. The lowest BCUT2D eigenvalue weighted by Crippen LogP contribution is -2.30. The SMILES string of the molecule is Cc1cccc(C)c1OCCNC(=O)c1cn(C2CCNCC2)nn1. The van der Waals surface area contributed by atoms with E-state index in [1.54, 1.807) is 6.20 Å². The average molecular weight is 343 g/mol. The number of rotatable bonds is 6. The number of carbonyl (C=O) groups is 1. The molecular weight excluding hydrogens is 318 g/mol. The van der Waals surface area contributed by atoms with Crippen molar-refractivity contribution in [2.24, 2.45) is 0 Å². The van der Waals surface area contributed by atoms with Crippen molar-refractivity contribution >= 4 is 5.91 Å². The largest absolute Gasteiger partial charge is 0.491 e. The quantitative estimate of drug-likeness (QED) is 0.779. The third kappa shape index (κ3) is 4.36. The number of ether oxygens (including phenoxy) is 1. The number of hydrogen-bond acceptors (Lipinski definition) is 5. The van der Waals surface area contributed by atoms with E-state index >= 15 is 0 Å². The molecule has 0 radical (unpaired) electrons. The molecular formula is C18H25N5O2. The Bertz CT molecular complexity index is 702. The van der Waals surface area contributed by atoms with Crippen LogP contribution in [0, 0.1) is 13.8 Å². The van der Waals surface area contributed by atoms with Gasteiger partial charge < -0.3 is 15.4 Å². The van der Waals surface area contributed by atoms with Crippen LogP contribution in [0.5, 0.6) is 5.75 Å². The number of aryl methyl sites for hydroxylation is 2. The zero-order chi connectivity index (χ0) is 17.6. The van der Waals surface area contributed by atoms with Crippen molar-refractivity contribution < 1.29 is 9.53 Å². The molecule has 1 aromatic heterocycles. The highest BCUT2D eigenvalue weighted by atomic mass is 16.5. The predicted molar refractivity (Wildman–Crippen MR) is 94.9 cm³/mol. The number of para-hydroxylation sites is 1. The Morgan fingerprint density at radius 3 is 2.76 bits per heavy atom. The molecule has 7 nitrogen and oxygen atoms in total. The van der Waals surface area contributed by atoms with Crippen LogP contribution in [0.1, 0.15) is 40.5 Å². The van der Waals surface area contributed by atoms with Gasteiger partial charge in [0.05, 0.1) is 18.8 Å². The Morgan fingerprint density at radius 2 is 2.04 bits per heavy atom. The Labute approximate surface area is 147 Å². The molecule has 1 aliphatic rings. The second-order valence-electron chi connectivity index (χ2n) is 6.39. The normalized spacial score (nSPS) is 15.1. The molecule has 2 aromatic rings. The zero-order valence-electron chi connectivity index (χ0n) is 14.8. The molecule has 1 aromatic carbocycles. The number of nitrogens with zero attached hydrogens (tertiary/aromatic N) is 3. The number of piperidine rings is 1. The maximum atomic E-state index is 12.2. The summed E-state index contributed by atoms with van der Waals surface area (Å²) in [6.45, 7) is 6.82. The summed E-state index contributed by atoms with van der Waals surface area (Å²) in [6.07, 6.45) is 3.75. The van der Waals surface area contributed by atoms with Crippen molar-refractivity contribution in [2.45, 2.75) is 32.7 Å². The molecule has 134 valence electrons. The summed E-state index contributed by atoms with van der Waals surface area (Å²) in [5.41, 5.74) is 2.54. The lowest BCUT2D eigenvalue weighted by molar-refractivity contribution is 0.0942. The van der Waals surface area contributed by atoms with Crippen molar-refractivity contribution in [1.82, 2.24) is 25.6 Å². The van der Waals surface area contributed by atoms with Crippen LogP contribution < -0.4 is 15.4 Å². The minimum Gasteiger partial charge on any atom is -0.491 e. The molecule has 0 unspecified atom stereocenters. The van der Waals surface area contributed by atoms with E-state index < -0.39 is 0 Å². The molecule has 0 saturated carbocycles. The molecule has 1 fully saturated rings. The number of hydrogen-bond donors (Lipinski definition) is 2. The second-order valence-corrected chi connectivity index (χ2v) is 6.39. The van der Waals surface area contributed by atoms with Crippen LogP contribution in [0.25, 0.3) is 0 Å². The van der Waals surface area contributed by atoms with Gasteiger partial charge in [-0.05, 0) is 50.9 Å². The smallest absolute Gasteiger partial charge is 0.273 e. The first-order valence-corrected chi connectivity index (χ1v) is 8.75. The highest BCUT2D eigenvalue weighted by Crippen LogP contribution is 2.22. The van der Waals surface area contributed by atoms with E-state index in [9.17, 15) is 4.79 Å². The number of carbonyl (C=O) groups excluding carboxylic acids is 1. The van der Waals surface area contributed by atoms with E-state index in [1.807, 2.05) is 36.7 Å². The van der Waals surface area contributed by atoms with E-state index in [-0.39, 0.29) is 5.91 Å². The molecule has 0 bridgehead atoms. The first-order valence-electron chi connectivity index (χ1n) is 8.75. The van der Waals surface area contributed by atoms with Crippen LogP contribution >= 0.6 is 0 Å². The monoisotopic (exact) mass is 343 g/mol. The first kappa shape index (κ1) is 17.4. The number of nitrogens with one attached hydrogen (secondary N) is 2. The molecule has 1 amide bonds. The van der Waals surface area contributed by atoms with Crippen molar-refractivity contribution in [2.75, 3.05) is 26.2 Å². The van der Waals surface area contributed by atoms with Crippen LogP contribution in [0.4, 0.5) is 0 Å². The standard InChI is InChI=1S/C18H25N5O2/c1-13-4-3-5-14(2)17(13)25-11-10-20-18(24)16-12-23(22-21-16)15-6-8-19-9-7-15/h3-5,12,15,19H,6-11H2,1-2H3,(H,20,24). The molecule has 0 spiro atoms. The average Bonchev–Trinajstić information content (AvgIpc) is 3.11.